The largest absolute Gasteiger partial charge is 0.377 e. The molecule has 0 aromatic rings. The summed E-state index contributed by atoms with van der Waals surface area (Å²) in [5, 5.41) is 3.65. The van der Waals surface area contributed by atoms with E-state index < -0.39 is 0 Å². The number of nitrogens with one attached hydrogen (secondary N) is 1. The third kappa shape index (κ3) is 6.76. The maximum absolute atomic E-state index is 5.88. The average molecular weight is 271 g/mol. The molecule has 0 heterocycles. The topological polar surface area (TPSA) is 21.3 Å². The van der Waals surface area contributed by atoms with Gasteiger partial charge in [-0.05, 0) is 25.8 Å². The number of methoxy groups -OCH3 is 1. The van der Waals surface area contributed by atoms with E-state index in [4.69, 9.17) is 4.74 Å². The fraction of sp³-hybridized carbons (Fsp3) is 1.00. The van der Waals surface area contributed by atoms with Gasteiger partial charge in [0.25, 0.3) is 0 Å². The predicted molar refractivity (Wildman–Crippen MR) is 85.8 cm³/mol. The molecule has 0 radical (unpaired) electrons. The van der Waals surface area contributed by atoms with Crippen molar-refractivity contribution in [3.8, 4) is 0 Å². The van der Waals surface area contributed by atoms with Crippen LogP contribution in [0.4, 0.5) is 0 Å². The lowest BCUT2D eigenvalue weighted by atomic mass is 9.85. The highest BCUT2D eigenvalue weighted by atomic mass is 16.5. The van der Waals surface area contributed by atoms with E-state index in [1.54, 1.807) is 0 Å². The van der Waals surface area contributed by atoms with Gasteiger partial charge in [0, 0.05) is 13.2 Å². The quantitative estimate of drug-likeness (QED) is 0.480. The summed E-state index contributed by atoms with van der Waals surface area (Å²) in [5.41, 5.74) is 0.0272. The van der Waals surface area contributed by atoms with Crippen LogP contribution in [0.15, 0.2) is 0 Å². The van der Waals surface area contributed by atoms with Gasteiger partial charge in [-0.15, -0.1) is 0 Å². The molecule has 0 fully saturated rings. The predicted octanol–water partition coefficient (Wildman–Crippen LogP) is 4.92. The Labute approximate surface area is 121 Å². The van der Waals surface area contributed by atoms with Gasteiger partial charge in [-0.3, -0.25) is 0 Å². The summed E-state index contributed by atoms with van der Waals surface area (Å²) < 4.78 is 5.88. The summed E-state index contributed by atoms with van der Waals surface area (Å²) >= 11 is 0. The summed E-state index contributed by atoms with van der Waals surface area (Å²) in [6, 6.07) is 0.503. The van der Waals surface area contributed by atoms with Crippen molar-refractivity contribution in [2.24, 2.45) is 0 Å². The normalized spacial score (nSPS) is 13.7. The van der Waals surface area contributed by atoms with Crippen LogP contribution < -0.4 is 5.32 Å². The van der Waals surface area contributed by atoms with Crippen LogP contribution in [0.5, 0.6) is 0 Å². The molecule has 2 nitrogen and oxygen atoms in total. The van der Waals surface area contributed by atoms with E-state index in [9.17, 15) is 0 Å². The van der Waals surface area contributed by atoms with Crippen molar-refractivity contribution in [1.29, 1.82) is 0 Å². The lowest BCUT2D eigenvalue weighted by molar-refractivity contribution is -0.0495. The van der Waals surface area contributed by atoms with Crippen molar-refractivity contribution in [2.75, 3.05) is 13.7 Å². The Hall–Kier alpha value is -0.0800. The van der Waals surface area contributed by atoms with Crippen molar-refractivity contribution in [1.82, 2.24) is 5.32 Å². The van der Waals surface area contributed by atoms with Crippen LogP contribution in [0.3, 0.4) is 0 Å². The number of ether oxygens (including phenoxy) is 1. The molecular formula is C17H37NO. The van der Waals surface area contributed by atoms with Gasteiger partial charge in [-0.25, -0.2) is 0 Å². The van der Waals surface area contributed by atoms with E-state index in [0.29, 0.717) is 6.04 Å². The van der Waals surface area contributed by atoms with Crippen LogP contribution in [0.2, 0.25) is 0 Å². The Morgan fingerprint density at radius 3 is 1.95 bits per heavy atom. The van der Waals surface area contributed by atoms with E-state index >= 15 is 0 Å². The molecule has 0 rings (SSSR count). The first-order chi connectivity index (χ1) is 9.20. The summed E-state index contributed by atoms with van der Waals surface area (Å²) in [4.78, 5) is 0. The summed E-state index contributed by atoms with van der Waals surface area (Å²) in [6.45, 7) is 10.00. The molecule has 0 aliphatic rings. The van der Waals surface area contributed by atoms with Gasteiger partial charge < -0.3 is 10.1 Å². The molecule has 2 heteroatoms. The van der Waals surface area contributed by atoms with E-state index in [0.717, 1.165) is 19.4 Å². The fourth-order valence-electron chi connectivity index (χ4n) is 3.10. The number of unbranched alkanes of at least 4 members (excludes halogenated alkanes) is 5. The van der Waals surface area contributed by atoms with Gasteiger partial charge in [-0.2, -0.15) is 0 Å². The van der Waals surface area contributed by atoms with E-state index in [1.807, 2.05) is 7.11 Å². The Bertz CT molecular complexity index is 181. The minimum atomic E-state index is 0.0272. The zero-order chi connectivity index (χ0) is 14.6. The van der Waals surface area contributed by atoms with Crippen molar-refractivity contribution >= 4 is 0 Å². The van der Waals surface area contributed by atoms with E-state index in [1.165, 1.54) is 44.9 Å². The maximum Gasteiger partial charge on any atom is 0.0825 e. The zero-order valence-corrected chi connectivity index (χ0v) is 14.1. The Kier molecular flexibility index (Phi) is 11.7. The number of rotatable bonds is 13. The second-order valence-electron chi connectivity index (χ2n) is 5.64. The monoisotopic (exact) mass is 271 g/mol. The van der Waals surface area contributed by atoms with Crippen LogP contribution in [0.1, 0.15) is 85.5 Å². The molecule has 0 aliphatic heterocycles. The third-order valence-corrected chi connectivity index (χ3v) is 4.54. The summed E-state index contributed by atoms with van der Waals surface area (Å²) in [5.74, 6) is 0. The maximum atomic E-state index is 5.88. The second-order valence-corrected chi connectivity index (χ2v) is 5.64. The Balaban J connectivity index is 4.16. The fourth-order valence-corrected chi connectivity index (χ4v) is 3.10. The number of hydrogen-bond acceptors (Lipinski definition) is 2. The summed E-state index contributed by atoms with van der Waals surface area (Å²) in [6.07, 6.45) is 11.6. The van der Waals surface area contributed by atoms with Crippen LogP contribution in [-0.4, -0.2) is 25.3 Å². The SMILES string of the molecule is CCCCCCCCC(NCC)C(CC)(CC)OC. The molecule has 0 bridgehead atoms. The molecule has 1 atom stereocenters. The molecule has 0 aliphatic carbocycles. The molecule has 0 saturated heterocycles. The average Bonchev–Trinajstić information content (AvgIpc) is 2.45. The highest BCUT2D eigenvalue weighted by molar-refractivity contribution is 4.91. The molecule has 0 spiro atoms. The molecule has 1 unspecified atom stereocenters. The molecule has 0 aromatic heterocycles. The van der Waals surface area contributed by atoms with Crippen LogP contribution in [0, 0.1) is 0 Å². The molecule has 1 N–H and O–H groups in total. The third-order valence-electron chi connectivity index (χ3n) is 4.54. The standard InChI is InChI=1S/C17H37NO/c1-6-10-11-12-13-14-15-16(18-9-4)17(7-2,8-3)19-5/h16,18H,6-15H2,1-5H3. The van der Waals surface area contributed by atoms with E-state index in [2.05, 4.69) is 33.0 Å². The van der Waals surface area contributed by atoms with Crippen LogP contribution in [0.25, 0.3) is 0 Å². The first-order valence-electron chi connectivity index (χ1n) is 8.49. The molecule has 116 valence electrons. The first kappa shape index (κ1) is 18.9. The molecule has 0 saturated carbocycles. The smallest absolute Gasteiger partial charge is 0.0825 e. The zero-order valence-electron chi connectivity index (χ0n) is 14.1. The van der Waals surface area contributed by atoms with Gasteiger partial charge in [-0.1, -0.05) is 66.2 Å². The molecule has 0 aromatic carbocycles. The minimum Gasteiger partial charge on any atom is -0.377 e. The molecule has 19 heavy (non-hydrogen) atoms. The molecule has 0 amide bonds. The van der Waals surface area contributed by atoms with Gasteiger partial charge in [0.1, 0.15) is 0 Å². The number of hydrogen-bond donors (Lipinski definition) is 1. The van der Waals surface area contributed by atoms with Gasteiger partial charge in [0.2, 0.25) is 0 Å². The lowest BCUT2D eigenvalue weighted by Gasteiger charge is -2.39. The lowest BCUT2D eigenvalue weighted by Crippen LogP contribution is -2.51. The van der Waals surface area contributed by atoms with Gasteiger partial charge in [0.15, 0.2) is 0 Å². The van der Waals surface area contributed by atoms with Crippen LogP contribution >= 0.6 is 0 Å². The Morgan fingerprint density at radius 1 is 0.895 bits per heavy atom. The Morgan fingerprint density at radius 2 is 1.47 bits per heavy atom. The van der Waals surface area contributed by atoms with Gasteiger partial charge >= 0.3 is 0 Å². The highest BCUT2D eigenvalue weighted by Gasteiger charge is 2.34. The van der Waals surface area contributed by atoms with Crippen molar-refractivity contribution in [2.45, 2.75) is 97.1 Å². The van der Waals surface area contributed by atoms with Gasteiger partial charge in [0.05, 0.1) is 5.60 Å². The minimum absolute atomic E-state index is 0.0272. The molecular weight excluding hydrogens is 234 g/mol. The van der Waals surface area contributed by atoms with Crippen LogP contribution in [-0.2, 0) is 4.74 Å². The van der Waals surface area contributed by atoms with Crippen molar-refractivity contribution < 1.29 is 4.74 Å². The summed E-state index contributed by atoms with van der Waals surface area (Å²) in [7, 11) is 1.87. The van der Waals surface area contributed by atoms with Crippen molar-refractivity contribution in [3.63, 3.8) is 0 Å². The van der Waals surface area contributed by atoms with Crippen molar-refractivity contribution in [3.05, 3.63) is 0 Å². The van der Waals surface area contributed by atoms with E-state index in [-0.39, 0.29) is 5.60 Å². The number of likely N-dealkylation sites (N-methyl/N-ethyl adjacent to an activating group) is 1. The second kappa shape index (κ2) is 11.7. The highest BCUT2D eigenvalue weighted by Crippen LogP contribution is 2.27. The first-order valence-corrected chi connectivity index (χ1v) is 8.49.